The Morgan fingerprint density at radius 3 is 2.71 bits per heavy atom. The first kappa shape index (κ1) is 28.4. The Balaban J connectivity index is 1.40. The molecule has 11 nitrogen and oxygen atoms in total. The number of anilines is 1. The first-order chi connectivity index (χ1) is 19.8. The maximum atomic E-state index is 13.9. The summed E-state index contributed by atoms with van der Waals surface area (Å²) in [6.45, 7) is 5.92. The summed E-state index contributed by atoms with van der Waals surface area (Å²) in [5.41, 5.74) is 3.96. The third-order valence-electron chi connectivity index (χ3n) is 7.28. The standard InChI is InChI=1S/C29H34FN7O4/c1-19-26(21-10-13-35(14-11-21)20(2)38)34-37(23-7-5-4-6-8-23)28(19)33-29(39)32-24-18-36(15-16-40-3)41-27(24)22-9-12-31-25(30)17-22/h4-10,12,17,24,27H,11,13-16,18H2,1-3H3,(H2,32,33,39)/t24-,27+/m1/s1. The Bertz CT molecular complexity index is 1430. The predicted octanol–water partition coefficient (Wildman–Crippen LogP) is 3.48. The number of hydroxylamine groups is 2. The summed E-state index contributed by atoms with van der Waals surface area (Å²) >= 11 is 0. The predicted molar refractivity (Wildman–Crippen MR) is 151 cm³/mol. The van der Waals surface area contributed by atoms with Crippen molar-refractivity contribution < 1.29 is 23.6 Å². The molecule has 3 amide bonds. The highest BCUT2D eigenvalue weighted by atomic mass is 19.1. The van der Waals surface area contributed by atoms with Gasteiger partial charge in [0.25, 0.3) is 0 Å². The van der Waals surface area contributed by atoms with E-state index in [1.807, 2.05) is 43.3 Å². The largest absolute Gasteiger partial charge is 0.383 e. The van der Waals surface area contributed by atoms with Crippen LogP contribution in [0.3, 0.4) is 0 Å². The molecule has 4 heterocycles. The van der Waals surface area contributed by atoms with Crippen LogP contribution in [0, 0.1) is 12.9 Å². The smallest absolute Gasteiger partial charge is 0.320 e. The summed E-state index contributed by atoms with van der Waals surface area (Å²) in [6.07, 6.45) is 3.45. The minimum absolute atomic E-state index is 0.0374. The van der Waals surface area contributed by atoms with E-state index in [0.29, 0.717) is 50.6 Å². The molecule has 2 N–H and O–H groups in total. The SMILES string of the molecule is COCCN1C[C@@H](NC(=O)Nc2c(C)c(C3=CCN(C(C)=O)CC3)nn2-c2ccccc2)[C@H](c2ccnc(F)c2)O1. The van der Waals surface area contributed by atoms with Crippen molar-refractivity contribution in [3.8, 4) is 5.69 Å². The Hall–Kier alpha value is -4.13. The van der Waals surface area contributed by atoms with E-state index in [4.69, 9.17) is 14.7 Å². The number of nitrogens with one attached hydrogen (secondary N) is 2. The maximum absolute atomic E-state index is 13.9. The fourth-order valence-corrected chi connectivity index (χ4v) is 5.12. The number of para-hydroxylation sites is 1. The fourth-order valence-electron chi connectivity index (χ4n) is 5.12. The lowest BCUT2D eigenvalue weighted by Gasteiger charge is -2.24. The molecule has 0 unspecified atom stereocenters. The van der Waals surface area contributed by atoms with Gasteiger partial charge in [-0.15, -0.1) is 0 Å². The second-order valence-corrected chi connectivity index (χ2v) is 10.0. The number of hydrogen-bond donors (Lipinski definition) is 2. The summed E-state index contributed by atoms with van der Waals surface area (Å²) in [5, 5.41) is 12.6. The highest BCUT2D eigenvalue weighted by Crippen LogP contribution is 2.32. The number of pyridine rings is 1. The van der Waals surface area contributed by atoms with Gasteiger partial charge in [-0.05, 0) is 48.7 Å². The molecule has 0 saturated carbocycles. The lowest BCUT2D eigenvalue weighted by atomic mass is 10.0. The second kappa shape index (κ2) is 12.6. The molecule has 12 heteroatoms. The highest BCUT2D eigenvalue weighted by molar-refractivity contribution is 5.91. The summed E-state index contributed by atoms with van der Waals surface area (Å²) < 4.78 is 20.8. The van der Waals surface area contributed by atoms with E-state index in [2.05, 4.69) is 15.6 Å². The van der Waals surface area contributed by atoms with Gasteiger partial charge in [-0.1, -0.05) is 24.3 Å². The molecule has 1 aromatic carbocycles. The van der Waals surface area contributed by atoms with Gasteiger partial charge in [-0.25, -0.2) is 14.5 Å². The number of urea groups is 1. The van der Waals surface area contributed by atoms with Crippen LogP contribution in [0.5, 0.6) is 0 Å². The van der Waals surface area contributed by atoms with Crippen LogP contribution in [0.15, 0.2) is 54.7 Å². The number of hydrogen-bond acceptors (Lipinski definition) is 7. The molecule has 0 aliphatic carbocycles. The molecule has 0 radical (unpaired) electrons. The Morgan fingerprint density at radius 1 is 1.22 bits per heavy atom. The van der Waals surface area contributed by atoms with E-state index in [-0.39, 0.29) is 5.91 Å². The molecular weight excluding hydrogens is 529 g/mol. The average Bonchev–Trinajstić information content (AvgIpc) is 3.52. The third-order valence-corrected chi connectivity index (χ3v) is 7.28. The molecule has 216 valence electrons. The number of carbonyl (C=O) groups excluding carboxylic acids is 2. The number of nitrogens with zero attached hydrogens (tertiary/aromatic N) is 5. The van der Waals surface area contributed by atoms with Crippen LogP contribution in [0.25, 0.3) is 11.3 Å². The zero-order valence-corrected chi connectivity index (χ0v) is 23.3. The molecule has 0 bridgehead atoms. The Kier molecular flexibility index (Phi) is 8.72. The van der Waals surface area contributed by atoms with Gasteiger partial charge in [-0.2, -0.15) is 14.6 Å². The van der Waals surface area contributed by atoms with Crippen LogP contribution in [-0.4, -0.2) is 82.6 Å². The van der Waals surface area contributed by atoms with Gasteiger partial charge in [0.2, 0.25) is 11.9 Å². The molecule has 5 rings (SSSR count). The highest BCUT2D eigenvalue weighted by Gasteiger charge is 2.37. The maximum Gasteiger partial charge on any atom is 0.320 e. The normalized spacial score (nSPS) is 19.2. The summed E-state index contributed by atoms with van der Waals surface area (Å²) in [6, 6.07) is 11.6. The zero-order valence-electron chi connectivity index (χ0n) is 23.3. The molecule has 2 aliphatic rings. The topological polar surface area (TPSA) is 114 Å². The van der Waals surface area contributed by atoms with E-state index < -0.39 is 24.1 Å². The van der Waals surface area contributed by atoms with Crippen LogP contribution >= 0.6 is 0 Å². The van der Waals surface area contributed by atoms with Crippen molar-refractivity contribution in [2.75, 3.05) is 45.2 Å². The quantitative estimate of drug-likeness (QED) is 0.404. The van der Waals surface area contributed by atoms with Crippen molar-refractivity contribution in [2.24, 2.45) is 0 Å². The number of amides is 3. The zero-order chi connectivity index (χ0) is 28.9. The van der Waals surface area contributed by atoms with Crippen molar-refractivity contribution in [1.82, 2.24) is 30.0 Å². The number of carbonyl (C=O) groups is 2. The molecule has 2 aromatic heterocycles. The lowest BCUT2D eigenvalue weighted by Crippen LogP contribution is -2.42. The van der Waals surface area contributed by atoms with Crippen LogP contribution in [-0.2, 0) is 14.4 Å². The molecule has 2 atom stereocenters. The average molecular weight is 564 g/mol. The monoisotopic (exact) mass is 563 g/mol. The fraction of sp³-hybridized carbons (Fsp3) is 0.379. The molecule has 2 aliphatic heterocycles. The summed E-state index contributed by atoms with van der Waals surface area (Å²) in [7, 11) is 1.60. The lowest BCUT2D eigenvalue weighted by molar-refractivity contribution is -0.154. The first-order valence-electron chi connectivity index (χ1n) is 13.5. The second-order valence-electron chi connectivity index (χ2n) is 10.0. The van der Waals surface area contributed by atoms with Crippen molar-refractivity contribution in [2.45, 2.75) is 32.4 Å². The first-order valence-corrected chi connectivity index (χ1v) is 13.5. The number of benzene rings is 1. The Labute approximate surface area is 237 Å². The van der Waals surface area contributed by atoms with E-state index >= 15 is 0 Å². The number of rotatable bonds is 8. The molecular formula is C29H34FN7O4. The molecule has 3 aromatic rings. The van der Waals surface area contributed by atoms with Gasteiger partial charge >= 0.3 is 6.03 Å². The number of aromatic nitrogens is 3. The van der Waals surface area contributed by atoms with Gasteiger partial charge in [-0.3, -0.25) is 14.9 Å². The molecule has 41 heavy (non-hydrogen) atoms. The minimum Gasteiger partial charge on any atom is -0.383 e. The van der Waals surface area contributed by atoms with Gasteiger partial charge in [0, 0.05) is 52.0 Å². The van der Waals surface area contributed by atoms with Crippen molar-refractivity contribution in [3.63, 3.8) is 0 Å². The number of halogens is 1. The molecule has 1 fully saturated rings. The number of methoxy groups -OCH3 is 1. The van der Waals surface area contributed by atoms with Crippen LogP contribution in [0.2, 0.25) is 0 Å². The molecule has 0 spiro atoms. The van der Waals surface area contributed by atoms with Crippen molar-refractivity contribution in [3.05, 3.63) is 77.5 Å². The minimum atomic E-state index is -0.622. The van der Waals surface area contributed by atoms with Crippen molar-refractivity contribution >= 4 is 23.3 Å². The summed E-state index contributed by atoms with van der Waals surface area (Å²) in [4.78, 5) is 36.7. The Morgan fingerprint density at radius 2 is 2.02 bits per heavy atom. The molecule has 1 saturated heterocycles. The van der Waals surface area contributed by atoms with Crippen LogP contribution in [0.1, 0.15) is 36.3 Å². The van der Waals surface area contributed by atoms with E-state index in [1.54, 1.807) is 34.7 Å². The van der Waals surface area contributed by atoms with Gasteiger partial charge in [0.1, 0.15) is 11.9 Å². The van der Waals surface area contributed by atoms with Gasteiger partial charge in [0.15, 0.2) is 0 Å². The van der Waals surface area contributed by atoms with Crippen LogP contribution in [0.4, 0.5) is 15.0 Å². The van der Waals surface area contributed by atoms with E-state index in [9.17, 15) is 14.0 Å². The third kappa shape index (κ3) is 6.45. The van der Waals surface area contributed by atoms with E-state index in [0.717, 1.165) is 22.5 Å². The van der Waals surface area contributed by atoms with E-state index in [1.165, 1.54) is 12.3 Å². The van der Waals surface area contributed by atoms with Crippen LogP contribution < -0.4 is 10.6 Å². The number of ether oxygens (including phenoxy) is 1. The van der Waals surface area contributed by atoms with Gasteiger partial charge < -0.3 is 15.0 Å². The van der Waals surface area contributed by atoms with Gasteiger partial charge in [0.05, 0.1) is 24.0 Å². The van der Waals surface area contributed by atoms with Crippen molar-refractivity contribution in [1.29, 1.82) is 0 Å². The summed E-state index contributed by atoms with van der Waals surface area (Å²) in [5.74, 6) is -0.0568.